The summed E-state index contributed by atoms with van der Waals surface area (Å²) in [6.45, 7) is 9.29. The molecule has 1 heterocycles. The molecule has 0 aromatic heterocycles. The Morgan fingerprint density at radius 1 is 1.14 bits per heavy atom. The third kappa shape index (κ3) is 10.6. The van der Waals surface area contributed by atoms with Crippen molar-refractivity contribution in [3.8, 4) is 0 Å². The van der Waals surface area contributed by atoms with E-state index in [4.69, 9.17) is 10.2 Å². The lowest BCUT2D eigenvalue weighted by Crippen LogP contribution is -2.44. The molecule has 2 rings (SSSR count). The van der Waals surface area contributed by atoms with Crippen molar-refractivity contribution >= 4 is 27.9 Å². The van der Waals surface area contributed by atoms with Crippen molar-refractivity contribution in [3.63, 3.8) is 0 Å². The molecule has 162 valence electrons. The first-order valence-corrected chi connectivity index (χ1v) is 11.0. The highest BCUT2D eigenvalue weighted by Gasteiger charge is 2.23. The van der Waals surface area contributed by atoms with E-state index in [0.717, 1.165) is 18.5 Å². The van der Waals surface area contributed by atoms with Gasteiger partial charge in [-0.05, 0) is 43.5 Å². The molecule has 0 unspecified atom stereocenters. The number of carboxylic acids is 2. The van der Waals surface area contributed by atoms with E-state index >= 15 is 0 Å². The number of rotatable bonds is 9. The third-order valence-electron chi connectivity index (χ3n) is 5.17. The van der Waals surface area contributed by atoms with Gasteiger partial charge in [-0.3, -0.25) is 4.90 Å². The van der Waals surface area contributed by atoms with E-state index in [-0.39, 0.29) is 0 Å². The third-order valence-corrected chi connectivity index (χ3v) is 5.95. The van der Waals surface area contributed by atoms with Gasteiger partial charge in [0.25, 0.3) is 0 Å². The summed E-state index contributed by atoms with van der Waals surface area (Å²) in [5.74, 6) is -1.69. The molecule has 6 nitrogen and oxygen atoms in total. The second-order valence-corrected chi connectivity index (χ2v) is 8.05. The minimum absolute atomic E-state index is 0.558. The van der Waals surface area contributed by atoms with E-state index in [9.17, 15) is 9.59 Å². The van der Waals surface area contributed by atoms with Gasteiger partial charge in [0.15, 0.2) is 0 Å². The minimum Gasteiger partial charge on any atom is -0.478 e. The van der Waals surface area contributed by atoms with E-state index in [1.165, 1.54) is 55.4 Å². The van der Waals surface area contributed by atoms with Gasteiger partial charge in [0.1, 0.15) is 0 Å². The van der Waals surface area contributed by atoms with Crippen molar-refractivity contribution in [2.45, 2.75) is 52.1 Å². The smallest absolute Gasteiger partial charge is 0.328 e. The Hall–Kier alpha value is -1.70. The lowest BCUT2D eigenvalue weighted by molar-refractivity contribution is -0.134. The Bertz CT molecular complexity index is 640. The number of hydrogen-bond donors (Lipinski definition) is 3. The molecule has 29 heavy (non-hydrogen) atoms. The molecular weight excluding hydrogens is 436 g/mol. The molecule has 1 aromatic rings. The van der Waals surface area contributed by atoms with Crippen LogP contribution in [0.2, 0.25) is 0 Å². The predicted octanol–water partition coefficient (Wildman–Crippen LogP) is 4.15. The number of carboxylic acid groups (broad SMARTS) is 2. The standard InChI is InChI=1S/C18H29BrN2.C4H4O4/c1-3-15(4-2)13-21(17-9-11-20-12-10-17)14-16-7-5-6-8-18(16)19;5-3(6)1-2-4(7)8/h5-8,15,17,20H,3-4,9-14H2,1-2H3;1-2H,(H,5,6)(H,7,8). The fraction of sp³-hybridized carbons (Fsp3) is 0.545. The van der Waals surface area contributed by atoms with Crippen LogP contribution < -0.4 is 5.32 Å². The summed E-state index contributed by atoms with van der Waals surface area (Å²) in [5.41, 5.74) is 1.42. The van der Waals surface area contributed by atoms with Crippen LogP contribution in [0.1, 0.15) is 45.1 Å². The number of benzene rings is 1. The highest BCUT2D eigenvalue weighted by molar-refractivity contribution is 9.10. The zero-order chi connectivity index (χ0) is 21.6. The molecule has 1 aliphatic rings. The molecule has 0 bridgehead atoms. The van der Waals surface area contributed by atoms with Crippen LogP contribution >= 0.6 is 15.9 Å². The van der Waals surface area contributed by atoms with Gasteiger partial charge in [0.05, 0.1) is 0 Å². The Kier molecular flexibility index (Phi) is 12.5. The number of piperidine rings is 1. The van der Waals surface area contributed by atoms with Gasteiger partial charge >= 0.3 is 11.9 Å². The largest absolute Gasteiger partial charge is 0.478 e. The molecule has 3 N–H and O–H groups in total. The zero-order valence-electron chi connectivity index (χ0n) is 17.3. The number of carbonyl (C=O) groups is 2. The second kappa shape index (κ2) is 14.3. The van der Waals surface area contributed by atoms with E-state index in [0.29, 0.717) is 12.2 Å². The van der Waals surface area contributed by atoms with Crippen molar-refractivity contribution < 1.29 is 19.8 Å². The average Bonchev–Trinajstić information content (AvgIpc) is 2.72. The quantitative estimate of drug-likeness (QED) is 0.471. The van der Waals surface area contributed by atoms with Crippen LogP contribution in [0, 0.1) is 5.92 Å². The topological polar surface area (TPSA) is 89.9 Å². The monoisotopic (exact) mass is 468 g/mol. The summed E-state index contributed by atoms with van der Waals surface area (Å²) in [6.07, 6.45) is 6.25. The van der Waals surface area contributed by atoms with Crippen LogP contribution in [0.15, 0.2) is 40.9 Å². The first-order valence-electron chi connectivity index (χ1n) is 10.2. The molecule has 7 heteroatoms. The lowest BCUT2D eigenvalue weighted by Gasteiger charge is -2.37. The molecule has 0 saturated carbocycles. The minimum atomic E-state index is -1.26. The van der Waals surface area contributed by atoms with Crippen LogP contribution in [0.4, 0.5) is 0 Å². The van der Waals surface area contributed by atoms with Crippen LogP contribution in [-0.4, -0.2) is 52.7 Å². The molecule has 1 aromatic carbocycles. The summed E-state index contributed by atoms with van der Waals surface area (Å²) < 4.78 is 1.24. The zero-order valence-corrected chi connectivity index (χ0v) is 18.9. The van der Waals surface area contributed by atoms with E-state index in [1.54, 1.807) is 0 Å². The van der Waals surface area contributed by atoms with Gasteiger partial charge in [0, 0.05) is 35.8 Å². The van der Waals surface area contributed by atoms with Crippen molar-refractivity contribution in [1.29, 1.82) is 0 Å². The number of aliphatic carboxylic acids is 2. The molecule has 1 fully saturated rings. The van der Waals surface area contributed by atoms with Gasteiger partial charge in [-0.15, -0.1) is 0 Å². The van der Waals surface area contributed by atoms with Gasteiger partial charge in [-0.1, -0.05) is 60.8 Å². The average molecular weight is 469 g/mol. The Labute approximate surface area is 182 Å². The fourth-order valence-electron chi connectivity index (χ4n) is 3.38. The maximum atomic E-state index is 9.55. The maximum Gasteiger partial charge on any atom is 0.328 e. The number of halogens is 1. The van der Waals surface area contributed by atoms with Crippen LogP contribution in [0.25, 0.3) is 0 Å². The summed E-state index contributed by atoms with van der Waals surface area (Å²) in [5, 5.41) is 19.1. The first-order chi connectivity index (χ1) is 13.9. The van der Waals surface area contributed by atoms with Gasteiger partial charge in [0.2, 0.25) is 0 Å². The number of nitrogens with one attached hydrogen (secondary N) is 1. The van der Waals surface area contributed by atoms with Crippen LogP contribution in [0.3, 0.4) is 0 Å². The Balaban J connectivity index is 0.000000447. The predicted molar refractivity (Wildman–Crippen MR) is 119 cm³/mol. The van der Waals surface area contributed by atoms with Crippen molar-refractivity contribution in [3.05, 3.63) is 46.5 Å². The highest BCUT2D eigenvalue weighted by Crippen LogP contribution is 2.23. The van der Waals surface area contributed by atoms with Crippen molar-refractivity contribution in [1.82, 2.24) is 10.2 Å². The van der Waals surface area contributed by atoms with Gasteiger partial charge in [-0.25, -0.2) is 9.59 Å². The normalized spacial score (nSPS) is 14.8. The van der Waals surface area contributed by atoms with Gasteiger partial charge in [-0.2, -0.15) is 0 Å². The molecule has 1 saturated heterocycles. The maximum absolute atomic E-state index is 9.55. The van der Waals surface area contributed by atoms with E-state index < -0.39 is 11.9 Å². The van der Waals surface area contributed by atoms with Crippen molar-refractivity contribution in [2.75, 3.05) is 19.6 Å². The Morgan fingerprint density at radius 3 is 2.17 bits per heavy atom. The highest BCUT2D eigenvalue weighted by atomic mass is 79.9. The molecule has 0 spiro atoms. The van der Waals surface area contributed by atoms with Crippen LogP contribution in [-0.2, 0) is 16.1 Å². The molecular formula is C22H33BrN2O4. The first kappa shape index (κ1) is 25.3. The van der Waals surface area contributed by atoms with E-state index in [1.807, 2.05) is 0 Å². The van der Waals surface area contributed by atoms with Crippen molar-refractivity contribution in [2.24, 2.45) is 5.92 Å². The Morgan fingerprint density at radius 2 is 1.69 bits per heavy atom. The summed E-state index contributed by atoms with van der Waals surface area (Å²) in [4.78, 5) is 21.8. The molecule has 0 amide bonds. The number of nitrogens with zero attached hydrogens (tertiary/aromatic N) is 1. The van der Waals surface area contributed by atoms with Crippen LogP contribution in [0.5, 0.6) is 0 Å². The molecule has 0 aliphatic carbocycles. The lowest BCUT2D eigenvalue weighted by atomic mass is 9.98. The van der Waals surface area contributed by atoms with E-state index in [2.05, 4.69) is 64.3 Å². The summed E-state index contributed by atoms with van der Waals surface area (Å²) in [6, 6.07) is 9.40. The SMILES string of the molecule is CCC(CC)CN(Cc1ccccc1Br)C1CCNCC1.O=C(O)C=CC(=O)O. The summed E-state index contributed by atoms with van der Waals surface area (Å²) in [7, 11) is 0. The molecule has 0 radical (unpaired) electrons. The molecule has 1 aliphatic heterocycles. The molecule has 0 atom stereocenters. The van der Waals surface area contributed by atoms with Gasteiger partial charge < -0.3 is 15.5 Å². The fourth-order valence-corrected chi connectivity index (χ4v) is 3.79. The summed E-state index contributed by atoms with van der Waals surface area (Å²) >= 11 is 3.71. The second-order valence-electron chi connectivity index (χ2n) is 7.19. The number of hydrogen-bond acceptors (Lipinski definition) is 4.